The number of rotatable bonds is 3. The van der Waals surface area contributed by atoms with Crippen molar-refractivity contribution in [2.75, 3.05) is 0 Å². The van der Waals surface area contributed by atoms with Gasteiger partial charge in [-0.05, 0) is 12.1 Å². The number of alkyl halides is 2. The first-order valence-electron chi connectivity index (χ1n) is 4.26. The average Bonchev–Trinajstić information content (AvgIpc) is 2.17. The molecule has 1 nitrogen and oxygen atoms in total. The Morgan fingerprint density at radius 1 is 1.33 bits per heavy atom. The highest BCUT2D eigenvalue weighted by Gasteiger charge is 2.38. The molecular weight excluding hydrogens is 212 g/mol. The molecule has 1 aromatic rings. The normalized spacial score (nSPS) is 11.5. The molecule has 0 aliphatic carbocycles. The lowest BCUT2D eigenvalue weighted by Crippen LogP contribution is -2.28. The van der Waals surface area contributed by atoms with Crippen LogP contribution in [0.4, 0.5) is 17.6 Å². The topological polar surface area (TPSA) is 17.1 Å². The summed E-state index contributed by atoms with van der Waals surface area (Å²) in [6.45, 7) is 1.11. The maximum Gasteiger partial charge on any atom is 0.309 e. The standard InChI is InChI=1S/C10H8F4O/c1-2-10(13,14)9(15)7-4-3-6(11)5-8(7)12/h3-5H,2H2,1H3. The van der Waals surface area contributed by atoms with E-state index in [4.69, 9.17) is 0 Å². The van der Waals surface area contributed by atoms with E-state index < -0.39 is 35.3 Å². The maximum absolute atomic E-state index is 13.0. The minimum absolute atomic E-state index is 0.402. The van der Waals surface area contributed by atoms with Crippen LogP contribution in [0.2, 0.25) is 0 Å². The number of ketones is 1. The van der Waals surface area contributed by atoms with Crippen LogP contribution in [0.3, 0.4) is 0 Å². The van der Waals surface area contributed by atoms with Gasteiger partial charge in [0.2, 0.25) is 5.78 Å². The van der Waals surface area contributed by atoms with Crippen molar-refractivity contribution in [1.82, 2.24) is 0 Å². The minimum atomic E-state index is -3.61. The van der Waals surface area contributed by atoms with Crippen molar-refractivity contribution < 1.29 is 22.4 Å². The molecule has 82 valence electrons. The maximum atomic E-state index is 13.0. The van der Waals surface area contributed by atoms with Crippen molar-refractivity contribution in [3.63, 3.8) is 0 Å². The number of Topliss-reactive ketones (excluding diaryl/α,β-unsaturated/α-hetero) is 1. The molecule has 0 aromatic heterocycles. The predicted octanol–water partition coefficient (Wildman–Crippen LogP) is 3.19. The molecule has 0 unspecified atom stereocenters. The zero-order valence-corrected chi connectivity index (χ0v) is 7.86. The van der Waals surface area contributed by atoms with Crippen molar-refractivity contribution >= 4 is 5.78 Å². The molecule has 0 spiro atoms. The largest absolute Gasteiger partial charge is 0.309 e. The van der Waals surface area contributed by atoms with Gasteiger partial charge < -0.3 is 0 Å². The number of hydrogen-bond acceptors (Lipinski definition) is 1. The fourth-order valence-corrected chi connectivity index (χ4v) is 1.03. The minimum Gasteiger partial charge on any atom is -0.287 e. The lowest BCUT2D eigenvalue weighted by Gasteiger charge is -2.12. The highest BCUT2D eigenvalue weighted by atomic mass is 19.3. The van der Waals surface area contributed by atoms with E-state index >= 15 is 0 Å². The van der Waals surface area contributed by atoms with Gasteiger partial charge in [0.1, 0.15) is 11.6 Å². The third kappa shape index (κ3) is 2.34. The number of halogens is 4. The van der Waals surface area contributed by atoms with E-state index in [1.807, 2.05) is 0 Å². The molecule has 0 saturated carbocycles. The van der Waals surface area contributed by atoms with Crippen LogP contribution in [-0.4, -0.2) is 11.7 Å². The van der Waals surface area contributed by atoms with Gasteiger partial charge >= 0.3 is 5.92 Å². The smallest absolute Gasteiger partial charge is 0.287 e. The van der Waals surface area contributed by atoms with Crippen LogP contribution in [0.1, 0.15) is 23.7 Å². The molecule has 0 radical (unpaired) electrons. The van der Waals surface area contributed by atoms with E-state index in [1.54, 1.807) is 0 Å². The first-order valence-corrected chi connectivity index (χ1v) is 4.26. The Morgan fingerprint density at radius 2 is 1.93 bits per heavy atom. The average molecular weight is 220 g/mol. The molecule has 0 amide bonds. The van der Waals surface area contributed by atoms with Gasteiger partial charge in [-0.25, -0.2) is 8.78 Å². The summed E-state index contributed by atoms with van der Waals surface area (Å²) < 4.78 is 51.2. The van der Waals surface area contributed by atoms with Gasteiger partial charge in [-0.15, -0.1) is 0 Å². The number of benzene rings is 1. The van der Waals surface area contributed by atoms with E-state index in [-0.39, 0.29) is 0 Å². The first kappa shape index (κ1) is 11.7. The van der Waals surface area contributed by atoms with Crippen molar-refractivity contribution in [3.05, 3.63) is 35.4 Å². The molecule has 0 atom stereocenters. The highest BCUT2D eigenvalue weighted by Crippen LogP contribution is 2.25. The van der Waals surface area contributed by atoms with Crippen LogP contribution in [-0.2, 0) is 0 Å². The van der Waals surface area contributed by atoms with Crippen LogP contribution in [0, 0.1) is 11.6 Å². The second kappa shape index (κ2) is 4.00. The second-order valence-corrected chi connectivity index (χ2v) is 3.01. The third-order valence-corrected chi connectivity index (χ3v) is 1.95. The van der Waals surface area contributed by atoms with E-state index in [0.717, 1.165) is 19.1 Å². The van der Waals surface area contributed by atoms with Crippen molar-refractivity contribution in [2.24, 2.45) is 0 Å². The Kier molecular flexibility index (Phi) is 3.12. The molecule has 1 rings (SSSR count). The fraction of sp³-hybridized carbons (Fsp3) is 0.300. The quantitative estimate of drug-likeness (QED) is 0.564. The van der Waals surface area contributed by atoms with Gasteiger partial charge in [-0.1, -0.05) is 6.92 Å². The van der Waals surface area contributed by atoms with Gasteiger partial charge in [-0.2, -0.15) is 8.78 Å². The summed E-state index contributed by atoms with van der Waals surface area (Å²) in [5, 5.41) is 0. The SMILES string of the molecule is CCC(F)(F)C(=O)c1ccc(F)cc1F. The summed E-state index contributed by atoms with van der Waals surface area (Å²) in [4.78, 5) is 11.1. The molecule has 5 heteroatoms. The summed E-state index contributed by atoms with van der Waals surface area (Å²) in [6.07, 6.45) is -0.720. The lowest BCUT2D eigenvalue weighted by molar-refractivity contribution is 0.00765. The van der Waals surface area contributed by atoms with Gasteiger partial charge in [0.25, 0.3) is 0 Å². The second-order valence-electron chi connectivity index (χ2n) is 3.01. The van der Waals surface area contributed by atoms with Crippen molar-refractivity contribution in [2.45, 2.75) is 19.3 Å². The van der Waals surface area contributed by atoms with Crippen LogP contribution >= 0.6 is 0 Å². The van der Waals surface area contributed by atoms with E-state index in [1.165, 1.54) is 0 Å². The highest BCUT2D eigenvalue weighted by molar-refractivity contribution is 6.01. The Labute approximate surface area is 83.7 Å². The number of hydrogen-bond donors (Lipinski definition) is 0. The van der Waals surface area contributed by atoms with Gasteiger partial charge in [0.05, 0.1) is 5.56 Å². The Bertz CT molecular complexity index is 387. The van der Waals surface area contributed by atoms with E-state index in [0.29, 0.717) is 6.07 Å². The molecular formula is C10H8F4O. The molecule has 0 saturated heterocycles. The summed E-state index contributed by atoms with van der Waals surface area (Å²) >= 11 is 0. The summed E-state index contributed by atoms with van der Waals surface area (Å²) in [7, 11) is 0. The van der Waals surface area contributed by atoms with E-state index in [2.05, 4.69) is 0 Å². The molecule has 0 aliphatic heterocycles. The van der Waals surface area contributed by atoms with E-state index in [9.17, 15) is 22.4 Å². The Morgan fingerprint density at radius 3 is 2.40 bits per heavy atom. The summed E-state index contributed by atoms with van der Waals surface area (Å²) in [5.41, 5.74) is -0.789. The Balaban J connectivity index is 3.12. The molecule has 0 heterocycles. The number of carbonyl (C=O) groups is 1. The van der Waals surface area contributed by atoms with Gasteiger partial charge in [0.15, 0.2) is 0 Å². The molecule has 15 heavy (non-hydrogen) atoms. The monoisotopic (exact) mass is 220 g/mol. The molecule has 0 bridgehead atoms. The third-order valence-electron chi connectivity index (χ3n) is 1.95. The van der Waals surface area contributed by atoms with Crippen LogP contribution < -0.4 is 0 Å². The lowest BCUT2D eigenvalue weighted by atomic mass is 10.0. The van der Waals surface area contributed by atoms with Crippen molar-refractivity contribution in [1.29, 1.82) is 0 Å². The predicted molar refractivity (Wildman–Crippen MR) is 45.9 cm³/mol. The molecule has 0 fully saturated rings. The molecule has 1 aromatic carbocycles. The number of carbonyl (C=O) groups excluding carboxylic acids is 1. The van der Waals surface area contributed by atoms with Gasteiger partial charge in [-0.3, -0.25) is 4.79 Å². The molecule has 0 N–H and O–H groups in total. The van der Waals surface area contributed by atoms with Crippen LogP contribution in [0.15, 0.2) is 18.2 Å². The fourth-order valence-electron chi connectivity index (χ4n) is 1.03. The zero-order valence-electron chi connectivity index (χ0n) is 7.86. The zero-order chi connectivity index (χ0) is 11.6. The van der Waals surface area contributed by atoms with Crippen molar-refractivity contribution in [3.8, 4) is 0 Å². The Hall–Kier alpha value is -1.39. The van der Waals surface area contributed by atoms with Crippen LogP contribution in [0.5, 0.6) is 0 Å². The summed E-state index contributed by atoms with van der Waals surface area (Å²) in [6, 6.07) is 1.89. The van der Waals surface area contributed by atoms with Crippen LogP contribution in [0.25, 0.3) is 0 Å². The summed E-state index contributed by atoms with van der Waals surface area (Å²) in [5.74, 6) is -7.42. The molecule has 0 aliphatic rings. The first-order chi connectivity index (χ1) is 6.88. The van der Waals surface area contributed by atoms with Gasteiger partial charge in [0, 0.05) is 12.5 Å².